The minimum absolute atomic E-state index is 0.235. The normalized spacial score (nSPS) is 17.2. The molecule has 1 aliphatic heterocycles. The van der Waals surface area contributed by atoms with Crippen LogP contribution in [-0.2, 0) is 6.42 Å². The van der Waals surface area contributed by atoms with Crippen LogP contribution >= 0.6 is 0 Å². The van der Waals surface area contributed by atoms with Gasteiger partial charge in [0, 0.05) is 24.4 Å². The summed E-state index contributed by atoms with van der Waals surface area (Å²) in [5.74, 6) is -1.67. The van der Waals surface area contributed by atoms with Gasteiger partial charge in [-0.2, -0.15) is 5.10 Å². The average molecular weight is 442 g/mol. The fourth-order valence-electron chi connectivity index (χ4n) is 4.06. The number of aryl methyl sites for hydroxylation is 1. The number of imidazole rings is 1. The van der Waals surface area contributed by atoms with E-state index >= 15 is 0 Å². The molecule has 1 aliphatic rings. The third-order valence-electron chi connectivity index (χ3n) is 5.59. The molecule has 0 saturated heterocycles. The zero-order chi connectivity index (χ0) is 22.6. The molecule has 5 heterocycles. The average Bonchev–Trinajstić information content (AvgIpc) is 3.49. The largest absolute Gasteiger partial charge is 0.432 e. The van der Waals surface area contributed by atoms with E-state index in [2.05, 4.69) is 20.1 Å². The summed E-state index contributed by atoms with van der Waals surface area (Å²) < 4.78 is 34.3. The minimum Gasteiger partial charge on any atom is -0.432 e. The van der Waals surface area contributed by atoms with E-state index in [1.807, 2.05) is 31.2 Å². The number of halogens is 2. The highest BCUT2D eigenvalue weighted by Gasteiger charge is 2.40. The number of nitrogens with zero attached hydrogens (tertiary/aromatic N) is 5. The molecule has 1 amide bonds. The molecule has 0 radical (unpaired) electrons. The van der Waals surface area contributed by atoms with Gasteiger partial charge in [0.15, 0.2) is 5.69 Å². The lowest BCUT2D eigenvalue weighted by molar-refractivity contribution is 0.0631. The van der Waals surface area contributed by atoms with E-state index in [0.717, 1.165) is 16.9 Å². The lowest BCUT2D eigenvalue weighted by Crippen LogP contribution is -2.41. The zero-order valence-corrected chi connectivity index (χ0v) is 17.3. The van der Waals surface area contributed by atoms with Crippen molar-refractivity contribution in [3.63, 3.8) is 0 Å². The maximum atomic E-state index is 13.6. The first-order valence-electron chi connectivity index (χ1n) is 10.1. The third kappa shape index (κ3) is 3.16. The molecule has 0 spiro atoms. The molecule has 2 atom stereocenters. The molecule has 5 rings (SSSR count). The lowest BCUT2D eigenvalue weighted by Gasteiger charge is -2.33. The minimum atomic E-state index is -3.03. The number of alkyl halides is 2. The van der Waals surface area contributed by atoms with Crippen molar-refractivity contribution in [2.75, 3.05) is 6.54 Å². The molecule has 0 bridgehead atoms. The van der Waals surface area contributed by atoms with Gasteiger partial charge in [-0.3, -0.25) is 4.79 Å². The fourth-order valence-corrected chi connectivity index (χ4v) is 4.06. The number of aromatic amines is 1. The van der Waals surface area contributed by atoms with Crippen molar-refractivity contribution in [3.05, 3.63) is 70.7 Å². The summed E-state index contributed by atoms with van der Waals surface area (Å²) >= 11 is 0. The monoisotopic (exact) mass is 442 g/mol. The summed E-state index contributed by atoms with van der Waals surface area (Å²) in [6.45, 7) is 3.47. The number of hydrogen-bond acceptors (Lipinski definition) is 6. The van der Waals surface area contributed by atoms with E-state index < -0.39 is 35.9 Å². The van der Waals surface area contributed by atoms with Gasteiger partial charge < -0.3 is 19.4 Å². The van der Waals surface area contributed by atoms with Gasteiger partial charge in [-0.1, -0.05) is 6.07 Å². The lowest BCUT2D eigenvalue weighted by atomic mass is 9.99. The molecule has 9 nitrogen and oxygen atoms in total. The summed E-state index contributed by atoms with van der Waals surface area (Å²) in [5.41, 5.74) is 2.95. The molecule has 4 aromatic rings. The number of carbonyl (C=O) groups excluding carboxylic acids is 1. The van der Waals surface area contributed by atoms with Crippen LogP contribution in [-0.4, -0.2) is 47.0 Å². The number of amides is 1. The molecule has 0 fully saturated rings. The number of carbonyl (C=O) groups is 1. The van der Waals surface area contributed by atoms with Crippen molar-refractivity contribution in [2.45, 2.75) is 38.8 Å². The molecular formula is C21H20F2N6O3. The molecule has 0 saturated carbocycles. The van der Waals surface area contributed by atoms with Gasteiger partial charge in [-0.05, 0) is 32.0 Å². The standard InChI is InChI=1S/C21H20F2N6O3/c1-10-4-3-5-12-8-14(27-29(10)12)17-15-13(24-9-25-15)6-7-28(17)21(31)18-16(19(22)23)26-20(32-18)11(2)30/h3-5,8-9,11,17,19,30H,6-7H2,1-2H3,(H,24,25)/t11-,17+/m1/s1. The number of pyridine rings is 1. The molecule has 0 unspecified atom stereocenters. The van der Waals surface area contributed by atoms with Gasteiger partial charge in [0.05, 0.1) is 23.2 Å². The number of rotatable bonds is 4. The van der Waals surface area contributed by atoms with Gasteiger partial charge in [-0.25, -0.2) is 23.3 Å². The third-order valence-corrected chi connectivity index (χ3v) is 5.59. The molecular weight excluding hydrogens is 422 g/mol. The van der Waals surface area contributed by atoms with Gasteiger partial charge in [-0.15, -0.1) is 0 Å². The Bertz CT molecular complexity index is 1310. The Balaban J connectivity index is 1.63. The van der Waals surface area contributed by atoms with Crippen molar-refractivity contribution in [1.82, 2.24) is 29.5 Å². The number of fused-ring (bicyclic) bond motifs is 2. The molecule has 0 aliphatic carbocycles. The summed E-state index contributed by atoms with van der Waals surface area (Å²) in [7, 11) is 0. The second-order valence-electron chi connectivity index (χ2n) is 7.73. The van der Waals surface area contributed by atoms with E-state index in [-0.39, 0.29) is 12.4 Å². The highest BCUT2D eigenvalue weighted by Crippen LogP contribution is 2.36. The Morgan fingerprint density at radius 1 is 1.38 bits per heavy atom. The summed E-state index contributed by atoms with van der Waals surface area (Å²) in [5, 5.41) is 14.4. The van der Waals surface area contributed by atoms with Crippen LogP contribution in [0.2, 0.25) is 0 Å². The fraction of sp³-hybridized carbons (Fsp3) is 0.333. The first-order chi connectivity index (χ1) is 15.3. The molecule has 0 aromatic carbocycles. The number of nitrogens with one attached hydrogen (secondary N) is 1. The van der Waals surface area contributed by atoms with Crippen molar-refractivity contribution in [3.8, 4) is 0 Å². The number of aliphatic hydroxyl groups excluding tert-OH is 1. The van der Waals surface area contributed by atoms with E-state index in [1.54, 1.807) is 4.52 Å². The predicted molar refractivity (Wildman–Crippen MR) is 107 cm³/mol. The summed E-state index contributed by atoms with van der Waals surface area (Å²) in [6.07, 6.45) is -2.26. The summed E-state index contributed by atoms with van der Waals surface area (Å²) in [4.78, 5) is 26.0. The topological polar surface area (TPSA) is 113 Å². The van der Waals surface area contributed by atoms with Crippen LogP contribution < -0.4 is 0 Å². The number of oxazole rings is 1. The van der Waals surface area contributed by atoms with E-state index in [0.29, 0.717) is 17.8 Å². The number of hydrogen-bond donors (Lipinski definition) is 2. The van der Waals surface area contributed by atoms with Gasteiger partial charge in [0.1, 0.15) is 12.1 Å². The van der Waals surface area contributed by atoms with Crippen LogP contribution in [0.15, 0.2) is 35.0 Å². The quantitative estimate of drug-likeness (QED) is 0.502. The van der Waals surface area contributed by atoms with Crippen molar-refractivity contribution in [2.24, 2.45) is 0 Å². The van der Waals surface area contributed by atoms with Gasteiger partial charge in [0.25, 0.3) is 12.3 Å². The Morgan fingerprint density at radius 2 is 2.19 bits per heavy atom. The number of aromatic nitrogens is 5. The first kappa shape index (κ1) is 20.3. The Hall–Kier alpha value is -3.60. The summed E-state index contributed by atoms with van der Waals surface area (Å²) in [6, 6.07) is 6.85. The van der Waals surface area contributed by atoms with Crippen LogP contribution in [0.3, 0.4) is 0 Å². The number of aliphatic hydroxyl groups is 1. The maximum absolute atomic E-state index is 13.6. The molecule has 32 heavy (non-hydrogen) atoms. The van der Waals surface area contributed by atoms with Crippen LogP contribution in [0.4, 0.5) is 8.78 Å². The van der Waals surface area contributed by atoms with Crippen molar-refractivity contribution < 1.29 is 23.1 Å². The van der Waals surface area contributed by atoms with Crippen molar-refractivity contribution >= 4 is 11.4 Å². The number of H-pyrrole nitrogens is 1. The van der Waals surface area contributed by atoms with Crippen LogP contribution in [0.1, 0.15) is 70.4 Å². The Labute approximate surface area is 180 Å². The van der Waals surface area contributed by atoms with Gasteiger partial charge in [0.2, 0.25) is 11.7 Å². The molecule has 4 aromatic heterocycles. The van der Waals surface area contributed by atoms with Crippen molar-refractivity contribution in [1.29, 1.82) is 0 Å². The highest BCUT2D eigenvalue weighted by atomic mass is 19.3. The Morgan fingerprint density at radius 3 is 2.91 bits per heavy atom. The predicted octanol–water partition coefficient (Wildman–Crippen LogP) is 3.13. The van der Waals surface area contributed by atoms with Crippen LogP contribution in [0.5, 0.6) is 0 Å². The first-order valence-corrected chi connectivity index (χ1v) is 10.1. The highest BCUT2D eigenvalue weighted by molar-refractivity contribution is 5.93. The molecule has 2 N–H and O–H groups in total. The Kier molecular flexibility index (Phi) is 4.77. The zero-order valence-electron chi connectivity index (χ0n) is 17.3. The smallest absolute Gasteiger partial charge is 0.292 e. The van der Waals surface area contributed by atoms with Crippen LogP contribution in [0, 0.1) is 6.92 Å². The maximum Gasteiger partial charge on any atom is 0.292 e. The molecule has 166 valence electrons. The molecule has 11 heteroatoms. The van der Waals surface area contributed by atoms with E-state index in [9.17, 15) is 18.7 Å². The SMILES string of the molecule is Cc1cccc2cc([C@H]3c4nc[nH]c4CCN3C(=O)c3oc([C@@H](C)O)nc3C(F)F)nn12. The second kappa shape index (κ2) is 7.52. The van der Waals surface area contributed by atoms with E-state index in [1.165, 1.54) is 18.2 Å². The van der Waals surface area contributed by atoms with E-state index in [4.69, 9.17) is 4.42 Å². The second-order valence-corrected chi connectivity index (χ2v) is 7.73. The van der Waals surface area contributed by atoms with Gasteiger partial charge >= 0.3 is 0 Å². The van der Waals surface area contributed by atoms with Crippen LogP contribution in [0.25, 0.3) is 5.52 Å².